The van der Waals surface area contributed by atoms with E-state index in [2.05, 4.69) is 16.0 Å². The number of ether oxygens (including phenoxy) is 1. The van der Waals surface area contributed by atoms with E-state index < -0.39 is 35.7 Å². The zero-order valence-corrected chi connectivity index (χ0v) is 17.1. The molecule has 1 unspecified atom stereocenters. The fourth-order valence-electron chi connectivity index (χ4n) is 3.66. The van der Waals surface area contributed by atoms with Gasteiger partial charge in [-0.1, -0.05) is 6.07 Å². The Balaban J connectivity index is 1.41. The highest BCUT2D eigenvalue weighted by Crippen LogP contribution is 2.28. The number of hydrogen-bond donors (Lipinski definition) is 3. The first-order valence-corrected chi connectivity index (χ1v) is 9.91. The Labute approximate surface area is 182 Å². The average molecular weight is 436 g/mol. The second kappa shape index (κ2) is 8.50. The van der Waals surface area contributed by atoms with Crippen molar-refractivity contribution >= 4 is 35.3 Å². The zero-order chi connectivity index (χ0) is 22.8. The lowest BCUT2D eigenvalue weighted by Crippen LogP contribution is -2.54. The van der Waals surface area contributed by atoms with E-state index in [4.69, 9.17) is 4.74 Å². The second-order valence-electron chi connectivity index (χ2n) is 7.36. The average Bonchev–Trinajstić information content (AvgIpc) is 3.03. The molecule has 164 valence electrons. The molecule has 0 radical (unpaired) electrons. The highest BCUT2D eigenvalue weighted by molar-refractivity contribution is 6.23. The monoisotopic (exact) mass is 436 g/mol. The van der Waals surface area contributed by atoms with Crippen molar-refractivity contribution < 1.29 is 28.7 Å². The van der Waals surface area contributed by atoms with Crippen molar-refractivity contribution in [3.8, 4) is 5.75 Å². The molecule has 1 saturated heterocycles. The molecule has 32 heavy (non-hydrogen) atoms. The number of carbonyl (C=O) groups is 5. The number of nitrogens with zero attached hydrogens (tertiary/aromatic N) is 1. The molecule has 3 N–H and O–H groups in total. The minimum absolute atomic E-state index is 0.0578. The summed E-state index contributed by atoms with van der Waals surface area (Å²) in [5, 5.41) is 7.53. The van der Waals surface area contributed by atoms with Gasteiger partial charge >= 0.3 is 6.03 Å². The molecule has 2 aromatic carbocycles. The van der Waals surface area contributed by atoms with Crippen molar-refractivity contribution in [2.24, 2.45) is 0 Å². The molecule has 1 atom stereocenters. The molecule has 2 aromatic rings. The summed E-state index contributed by atoms with van der Waals surface area (Å²) < 4.78 is 5.07. The molecule has 4 rings (SSSR count). The lowest BCUT2D eigenvalue weighted by Gasteiger charge is -2.27. The number of fused-ring (bicyclic) bond motifs is 1. The first-order chi connectivity index (χ1) is 15.4. The third-order valence-electron chi connectivity index (χ3n) is 5.31. The smallest absolute Gasteiger partial charge is 0.319 e. The van der Waals surface area contributed by atoms with E-state index in [1.54, 1.807) is 37.4 Å². The van der Waals surface area contributed by atoms with Crippen LogP contribution < -0.4 is 20.7 Å². The van der Waals surface area contributed by atoms with Crippen LogP contribution >= 0.6 is 0 Å². The fraction of sp³-hybridized carbons (Fsp3) is 0.227. The number of piperidine rings is 1. The second-order valence-corrected chi connectivity index (χ2v) is 7.36. The van der Waals surface area contributed by atoms with E-state index in [0.717, 1.165) is 4.90 Å². The summed E-state index contributed by atoms with van der Waals surface area (Å²) >= 11 is 0. The van der Waals surface area contributed by atoms with Gasteiger partial charge in [0.25, 0.3) is 11.8 Å². The maximum Gasteiger partial charge on any atom is 0.319 e. The molecule has 0 aromatic heterocycles. The van der Waals surface area contributed by atoms with Crippen LogP contribution in [0.2, 0.25) is 0 Å². The number of nitrogens with one attached hydrogen (secondary N) is 3. The van der Waals surface area contributed by atoms with Gasteiger partial charge in [-0.25, -0.2) is 4.79 Å². The van der Waals surface area contributed by atoms with Crippen molar-refractivity contribution in [2.45, 2.75) is 25.4 Å². The Kier molecular flexibility index (Phi) is 5.59. The predicted molar refractivity (Wildman–Crippen MR) is 112 cm³/mol. The number of anilines is 1. The maximum absolute atomic E-state index is 12.8. The van der Waals surface area contributed by atoms with E-state index in [-0.39, 0.29) is 30.5 Å². The lowest BCUT2D eigenvalue weighted by molar-refractivity contribution is -0.136. The number of urea groups is 1. The number of amides is 6. The van der Waals surface area contributed by atoms with E-state index in [9.17, 15) is 24.0 Å². The Morgan fingerprint density at radius 1 is 1.06 bits per heavy atom. The molecular weight excluding hydrogens is 416 g/mol. The van der Waals surface area contributed by atoms with Gasteiger partial charge in [0, 0.05) is 18.7 Å². The molecule has 1 fully saturated rings. The molecule has 2 aliphatic heterocycles. The van der Waals surface area contributed by atoms with Crippen molar-refractivity contribution in [1.82, 2.24) is 15.5 Å². The Morgan fingerprint density at radius 3 is 2.47 bits per heavy atom. The minimum Gasteiger partial charge on any atom is -0.497 e. The van der Waals surface area contributed by atoms with Crippen LogP contribution in [0.1, 0.15) is 39.1 Å². The van der Waals surface area contributed by atoms with Crippen molar-refractivity contribution in [2.75, 3.05) is 12.4 Å². The summed E-state index contributed by atoms with van der Waals surface area (Å²) in [6.07, 6.45) is 0.151. The van der Waals surface area contributed by atoms with Gasteiger partial charge in [-0.15, -0.1) is 0 Å². The Bertz CT molecular complexity index is 1130. The van der Waals surface area contributed by atoms with E-state index in [1.807, 2.05) is 0 Å². The van der Waals surface area contributed by atoms with Gasteiger partial charge in [0.2, 0.25) is 11.8 Å². The van der Waals surface area contributed by atoms with Crippen molar-refractivity contribution in [3.05, 3.63) is 59.2 Å². The van der Waals surface area contributed by atoms with Crippen LogP contribution in [-0.2, 0) is 16.1 Å². The summed E-state index contributed by atoms with van der Waals surface area (Å²) in [6, 6.07) is 10.0. The lowest BCUT2D eigenvalue weighted by atomic mass is 10.0. The molecule has 6 amide bonds. The molecule has 0 bridgehead atoms. The van der Waals surface area contributed by atoms with Gasteiger partial charge < -0.3 is 15.4 Å². The number of hydrogen-bond acceptors (Lipinski definition) is 6. The van der Waals surface area contributed by atoms with Crippen LogP contribution in [0, 0.1) is 0 Å². The van der Waals surface area contributed by atoms with Crippen LogP contribution in [0.25, 0.3) is 0 Å². The minimum atomic E-state index is -1.02. The molecule has 2 heterocycles. The Morgan fingerprint density at radius 2 is 1.78 bits per heavy atom. The van der Waals surface area contributed by atoms with E-state index in [1.165, 1.54) is 12.1 Å². The highest BCUT2D eigenvalue weighted by atomic mass is 16.5. The zero-order valence-electron chi connectivity index (χ0n) is 17.1. The number of methoxy groups -OCH3 is 1. The molecule has 10 nitrogen and oxygen atoms in total. The van der Waals surface area contributed by atoms with Crippen LogP contribution in [0.5, 0.6) is 5.75 Å². The van der Waals surface area contributed by atoms with Crippen LogP contribution in [0.15, 0.2) is 42.5 Å². The van der Waals surface area contributed by atoms with Gasteiger partial charge in [-0.2, -0.15) is 0 Å². The molecule has 2 aliphatic rings. The van der Waals surface area contributed by atoms with E-state index >= 15 is 0 Å². The summed E-state index contributed by atoms with van der Waals surface area (Å²) in [5.41, 5.74) is 1.54. The molecule has 10 heteroatoms. The molecule has 0 saturated carbocycles. The van der Waals surface area contributed by atoms with Gasteiger partial charge in [0.05, 0.1) is 18.2 Å². The van der Waals surface area contributed by atoms with Gasteiger partial charge in [-0.05, 0) is 48.4 Å². The Hall–Kier alpha value is -4.21. The molecule has 0 aliphatic carbocycles. The first-order valence-electron chi connectivity index (χ1n) is 9.91. The van der Waals surface area contributed by atoms with Crippen molar-refractivity contribution in [3.63, 3.8) is 0 Å². The standard InChI is InChI=1S/C22H20N4O6/c1-32-14-5-3-13(4-6-14)24-22(31)23-11-12-2-7-15-16(10-12)21(30)26(20(15)29)17-8-9-18(27)25-19(17)28/h2-7,10,17H,8-9,11H2,1H3,(H2,23,24,31)(H,25,27,28). The fourth-order valence-corrected chi connectivity index (χ4v) is 3.66. The predicted octanol–water partition coefficient (Wildman–Crippen LogP) is 1.42. The summed E-state index contributed by atoms with van der Waals surface area (Å²) in [4.78, 5) is 62.1. The largest absolute Gasteiger partial charge is 0.497 e. The van der Waals surface area contributed by atoms with Gasteiger partial charge in [-0.3, -0.25) is 29.4 Å². The van der Waals surface area contributed by atoms with Crippen LogP contribution in [0.3, 0.4) is 0 Å². The molecule has 0 spiro atoms. The van der Waals surface area contributed by atoms with Crippen molar-refractivity contribution in [1.29, 1.82) is 0 Å². The maximum atomic E-state index is 12.8. The quantitative estimate of drug-likeness (QED) is 0.607. The summed E-state index contributed by atoms with van der Waals surface area (Å²) in [7, 11) is 1.55. The number of rotatable bonds is 5. The number of carbonyl (C=O) groups excluding carboxylic acids is 5. The van der Waals surface area contributed by atoms with Gasteiger partial charge in [0.1, 0.15) is 11.8 Å². The first kappa shape index (κ1) is 21.0. The van der Waals surface area contributed by atoms with E-state index in [0.29, 0.717) is 17.0 Å². The topological polar surface area (TPSA) is 134 Å². The third kappa shape index (κ3) is 4.02. The van der Waals surface area contributed by atoms with Gasteiger partial charge in [0.15, 0.2) is 0 Å². The highest BCUT2D eigenvalue weighted by Gasteiger charge is 2.44. The summed E-state index contributed by atoms with van der Waals surface area (Å²) in [5.74, 6) is -1.59. The third-order valence-corrected chi connectivity index (χ3v) is 5.31. The van der Waals surface area contributed by atoms with Crippen LogP contribution in [-0.4, -0.2) is 47.7 Å². The molecular formula is C22H20N4O6. The number of benzene rings is 2. The SMILES string of the molecule is COc1ccc(NC(=O)NCc2ccc3c(c2)C(=O)N(C2CCC(=O)NC2=O)C3=O)cc1. The number of imide groups is 2. The normalized spacial score (nSPS) is 17.7. The summed E-state index contributed by atoms with van der Waals surface area (Å²) in [6.45, 7) is 0.120. The van der Waals surface area contributed by atoms with Crippen LogP contribution in [0.4, 0.5) is 10.5 Å².